The molecule has 0 saturated carbocycles. The van der Waals surface area contributed by atoms with Crippen LogP contribution in [0.2, 0.25) is 0 Å². The van der Waals surface area contributed by atoms with Gasteiger partial charge in [0.2, 0.25) is 5.91 Å². The third-order valence-electron chi connectivity index (χ3n) is 4.35. The number of hydrogen-bond acceptors (Lipinski definition) is 5. The van der Waals surface area contributed by atoms with Crippen LogP contribution in [0.1, 0.15) is 24.8 Å². The molecule has 0 N–H and O–H groups in total. The molecule has 0 spiro atoms. The second-order valence-electron chi connectivity index (χ2n) is 5.71. The lowest BCUT2D eigenvalue weighted by atomic mass is 9.92. The Morgan fingerprint density at radius 1 is 1.48 bits per heavy atom. The van der Waals surface area contributed by atoms with E-state index in [-0.39, 0.29) is 24.0 Å². The number of aromatic nitrogens is 1. The molecule has 1 unspecified atom stereocenters. The van der Waals surface area contributed by atoms with Crippen LogP contribution in [0, 0.1) is 6.92 Å². The second kappa shape index (κ2) is 5.05. The molecule has 7 heteroatoms. The van der Waals surface area contributed by atoms with E-state index in [0.29, 0.717) is 32.0 Å². The number of ether oxygens (including phenoxy) is 1. The normalized spacial score (nSPS) is 25.0. The van der Waals surface area contributed by atoms with Gasteiger partial charge in [-0.15, -0.1) is 0 Å². The zero-order valence-electron chi connectivity index (χ0n) is 12.3. The fraction of sp³-hybridized carbons (Fsp3) is 0.643. The molecular formula is C14H19N3O4. The lowest BCUT2D eigenvalue weighted by Crippen LogP contribution is -2.62. The predicted molar refractivity (Wildman–Crippen MR) is 72.6 cm³/mol. The first-order valence-corrected chi connectivity index (χ1v) is 7.18. The highest BCUT2D eigenvalue weighted by atomic mass is 16.6. The Hall–Kier alpha value is -2.05. The summed E-state index contributed by atoms with van der Waals surface area (Å²) in [6.07, 6.45) is 0.703. The average Bonchev–Trinajstić information content (AvgIpc) is 3.03. The monoisotopic (exact) mass is 293 g/mol. The van der Waals surface area contributed by atoms with Gasteiger partial charge in [-0.3, -0.25) is 9.69 Å². The van der Waals surface area contributed by atoms with Gasteiger partial charge in [-0.1, -0.05) is 12.1 Å². The summed E-state index contributed by atoms with van der Waals surface area (Å²) in [6, 6.07) is 1.77. The fourth-order valence-corrected chi connectivity index (χ4v) is 3.04. The Labute approximate surface area is 122 Å². The van der Waals surface area contributed by atoms with Gasteiger partial charge in [-0.25, -0.2) is 4.79 Å². The average molecular weight is 293 g/mol. The molecule has 2 aliphatic heterocycles. The van der Waals surface area contributed by atoms with Crippen LogP contribution < -0.4 is 0 Å². The minimum atomic E-state index is -0.373. The number of cyclic esters (lactones) is 1. The van der Waals surface area contributed by atoms with Crippen LogP contribution in [0.3, 0.4) is 0 Å². The van der Waals surface area contributed by atoms with Crippen molar-refractivity contribution in [2.24, 2.45) is 0 Å². The van der Waals surface area contributed by atoms with Crippen molar-refractivity contribution in [3.8, 4) is 0 Å². The molecule has 3 heterocycles. The number of rotatable bonds is 3. The number of amides is 2. The van der Waals surface area contributed by atoms with Gasteiger partial charge in [-0.2, -0.15) is 0 Å². The molecule has 0 bridgehead atoms. The van der Waals surface area contributed by atoms with E-state index in [0.717, 1.165) is 12.1 Å². The van der Waals surface area contributed by atoms with Gasteiger partial charge in [0.1, 0.15) is 12.4 Å². The first kappa shape index (κ1) is 13.9. The van der Waals surface area contributed by atoms with Gasteiger partial charge in [0.05, 0.1) is 17.7 Å². The summed E-state index contributed by atoms with van der Waals surface area (Å²) in [4.78, 5) is 27.7. The van der Waals surface area contributed by atoms with Gasteiger partial charge in [0.25, 0.3) is 0 Å². The Morgan fingerprint density at radius 3 is 2.95 bits per heavy atom. The van der Waals surface area contributed by atoms with Gasteiger partial charge in [-0.05, 0) is 13.3 Å². The van der Waals surface area contributed by atoms with Crippen molar-refractivity contribution in [2.75, 3.05) is 26.2 Å². The highest BCUT2D eigenvalue weighted by molar-refractivity contribution is 5.79. The number of carbonyl (C=O) groups excluding carboxylic acids is 2. The van der Waals surface area contributed by atoms with E-state index in [9.17, 15) is 9.59 Å². The van der Waals surface area contributed by atoms with E-state index in [1.165, 1.54) is 0 Å². The van der Waals surface area contributed by atoms with Crippen molar-refractivity contribution in [1.82, 2.24) is 15.0 Å². The molecule has 7 nitrogen and oxygen atoms in total. The molecule has 21 heavy (non-hydrogen) atoms. The Balaban J connectivity index is 1.70. The van der Waals surface area contributed by atoms with Crippen molar-refractivity contribution >= 4 is 12.0 Å². The molecule has 1 atom stereocenters. The van der Waals surface area contributed by atoms with Crippen LogP contribution in [0.25, 0.3) is 0 Å². The van der Waals surface area contributed by atoms with Gasteiger partial charge >= 0.3 is 6.09 Å². The zero-order valence-corrected chi connectivity index (χ0v) is 12.3. The van der Waals surface area contributed by atoms with E-state index in [1.807, 2.05) is 13.8 Å². The van der Waals surface area contributed by atoms with Gasteiger partial charge < -0.3 is 14.2 Å². The molecular weight excluding hydrogens is 274 g/mol. The molecule has 2 fully saturated rings. The lowest BCUT2D eigenvalue weighted by molar-refractivity contribution is -0.134. The zero-order chi connectivity index (χ0) is 15.0. The molecule has 2 saturated heterocycles. The molecule has 2 aliphatic rings. The molecule has 0 radical (unpaired) electrons. The van der Waals surface area contributed by atoms with Gasteiger partial charge in [0.15, 0.2) is 0 Å². The Kier molecular flexibility index (Phi) is 3.35. The fourth-order valence-electron chi connectivity index (χ4n) is 3.04. The van der Waals surface area contributed by atoms with Crippen LogP contribution >= 0.6 is 0 Å². The van der Waals surface area contributed by atoms with Crippen molar-refractivity contribution in [3.63, 3.8) is 0 Å². The van der Waals surface area contributed by atoms with E-state index in [2.05, 4.69) is 5.16 Å². The highest BCUT2D eigenvalue weighted by Gasteiger charge is 2.50. The minimum absolute atomic E-state index is 0.00188. The van der Waals surface area contributed by atoms with Crippen LogP contribution in [0.15, 0.2) is 10.6 Å². The maximum atomic E-state index is 12.4. The van der Waals surface area contributed by atoms with E-state index < -0.39 is 0 Å². The number of nitrogens with zero attached hydrogens (tertiary/aromatic N) is 3. The third-order valence-corrected chi connectivity index (χ3v) is 4.35. The minimum Gasteiger partial charge on any atom is -0.447 e. The first-order chi connectivity index (χ1) is 10.0. The van der Waals surface area contributed by atoms with Crippen LogP contribution in [-0.4, -0.2) is 58.7 Å². The van der Waals surface area contributed by atoms with Crippen LogP contribution in [-0.2, 0) is 16.0 Å². The summed E-state index contributed by atoms with van der Waals surface area (Å²) >= 11 is 0. The number of fused-ring (bicyclic) bond motifs is 1. The van der Waals surface area contributed by atoms with Crippen molar-refractivity contribution in [3.05, 3.63) is 17.5 Å². The number of carbonyl (C=O) groups is 2. The van der Waals surface area contributed by atoms with E-state index >= 15 is 0 Å². The standard InChI is InChI=1S/C14H19N3O4/c1-3-14-8-16(4-5-17(14)13(19)20-9-14)12(18)7-11-6-10(2)15-21-11/h6H,3-5,7-9H2,1-2H3. The molecule has 2 amide bonds. The van der Waals surface area contributed by atoms with Crippen LogP contribution in [0.5, 0.6) is 0 Å². The summed E-state index contributed by atoms with van der Waals surface area (Å²) in [6.45, 7) is 5.76. The molecule has 3 rings (SSSR count). The lowest BCUT2D eigenvalue weighted by Gasteiger charge is -2.44. The summed E-state index contributed by atoms with van der Waals surface area (Å²) in [5.74, 6) is 0.571. The summed E-state index contributed by atoms with van der Waals surface area (Å²) in [5, 5.41) is 3.79. The third kappa shape index (κ3) is 2.36. The maximum Gasteiger partial charge on any atom is 0.410 e. The highest BCUT2D eigenvalue weighted by Crippen LogP contribution is 2.31. The van der Waals surface area contributed by atoms with Crippen molar-refractivity contribution < 1.29 is 18.8 Å². The SMILES string of the molecule is CCC12COC(=O)N1CCN(C(=O)Cc1cc(C)no1)C2. The van der Waals surface area contributed by atoms with Crippen LogP contribution in [0.4, 0.5) is 4.79 Å². The summed E-state index contributed by atoms with van der Waals surface area (Å²) < 4.78 is 10.3. The summed E-state index contributed by atoms with van der Waals surface area (Å²) in [5.41, 5.74) is 0.393. The molecule has 1 aromatic rings. The molecule has 1 aromatic heterocycles. The number of hydrogen-bond donors (Lipinski definition) is 0. The molecule has 0 aromatic carbocycles. The largest absolute Gasteiger partial charge is 0.447 e. The number of piperazine rings is 1. The second-order valence-corrected chi connectivity index (χ2v) is 5.71. The maximum absolute atomic E-state index is 12.4. The Bertz CT molecular complexity index is 570. The predicted octanol–water partition coefficient (Wildman–Crippen LogP) is 0.969. The summed E-state index contributed by atoms with van der Waals surface area (Å²) in [7, 11) is 0. The molecule has 0 aliphatic carbocycles. The van der Waals surface area contributed by atoms with Crippen molar-refractivity contribution in [2.45, 2.75) is 32.2 Å². The number of aryl methyl sites for hydroxylation is 1. The molecule has 114 valence electrons. The topological polar surface area (TPSA) is 75.9 Å². The van der Waals surface area contributed by atoms with E-state index in [1.54, 1.807) is 15.9 Å². The van der Waals surface area contributed by atoms with Crippen molar-refractivity contribution in [1.29, 1.82) is 0 Å². The van der Waals surface area contributed by atoms with Gasteiger partial charge in [0, 0.05) is 25.7 Å². The quantitative estimate of drug-likeness (QED) is 0.830. The Morgan fingerprint density at radius 2 is 2.29 bits per heavy atom. The van der Waals surface area contributed by atoms with E-state index in [4.69, 9.17) is 9.26 Å². The smallest absolute Gasteiger partial charge is 0.410 e. The first-order valence-electron chi connectivity index (χ1n) is 7.18.